The van der Waals surface area contributed by atoms with Gasteiger partial charge in [0.1, 0.15) is 17.9 Å². The van der Waals surface area contributed by atoms with E-state index < -0.39 is 6.04 Å². The maximum absolute atomic E-state index is 11.5. The topological polar surface area (TPSA) is 61.5 Å². The molecule has 2 N–H and O–H groups in total. The molecule has 0 radical (unpaired) electrons. The maximum Gasteiger partial charge on any atom is 0.322 e. The predicted octanol–water partition coefficient (Wildman–Crippen LogP) is 2.39. The van der Waals surface area contributed by atoms with E-state index in [1.54, 1.807) is 14.0 Å². The minimum atomic E-state index is -0.591. The van der Waals surface area contributed by atoms with Crippen molar-refractivity contribution in [3.63, 3.8) is 0 Å². The first-order valence-corrected chi connectivity index (χ1v) is 6.47. The largest absolute Gasteiger partial charge is 0.497 e. The molecule has 0 aromatic heterocycles. The van der Waals surface area contributed by atoms with Crippen molar-refractivity contribution in [3.05, 3.63) is 29.3 Å². The zero-order valence-corrected chi connectivity index (χ0v) is 12.3. The molecule has 1 rings (SSSR count). The fourth-order valence-corrected chi connectivity index (χ4v) is 1.93. The molecule has 3 atom stereocenters. The molecular weight excluding hydrogens is 242 g/mol. The van der Waals surface area contributed by atoms with E-state index >= 15 is 0 Å². The Morgan fingerprint density at radius 1 is 1.26 bits per heavy atom. The highest BCUT2D eigenvalue weighted by Gasteiger charge is 2.21. The number of ether oxygens (including phenoxy) is 2. The number of hydrogen-bond acceptors (Lipinski definition) is 4. The second-order valence-electron chi connectivity index (χ2n) is 4.94. The van der Waals surface area contributed by atoms with E-state index in [-0.39, 0.29) is 18.0 Å². The molecule has 0 aliphatic carbocycles. The molecular formula is C15H23NO3. The van der Waals surface area contributed by atoms with E-state index in [0.29, 0.717) is 0 Å². The van der Waals surface area contributed by atoms with Crippen molar-refractivity contribution in [2.24, 2.45) is 5.73 Å². The minimum Gasteiger partial charge on any atom is -0.497 e. The van der Waals surface area contributed by atoms with Crippen LogP contribution in [0.3, 0.4) is 0 Å². The zero-order chi connectivity index (χ0) is 14.6. The second kappa shape index (κ2) is 6.57. The van der Waals surface area contributed by atoms with Gasteiger partial charge in [-0.3, -0.25) is 4.79 Å². The Balaban J connectivity index is 2.82. The number of nitrogens with two attached hydrogens (primary N) is 1. The van der Waals surface area contributed by atoms with Gasteiger partial charge in [-0.2, -0.15) is 0 Å². The van der Waals surface area contributed by atoms with E-state index in [9.17, 15) is 4.79 Å². The van der Waals surface area contributed by atoms with Crippen molar-refractivity contribution in [1.29, 1.82) is 0 Å². The van der Waals surface area contributed by atoms with Crippen molar-refractivity contribution < 1.29 is 14.3 Å². The third-order valence-electron chi connectivity index (χ3n) is 3.35. The summed E-state index contributed by atoms with van der Waals surface area (Å²) in [5.74, 6) is 0.563. The number of methoxy groups -OCH3 is 1. The normalized spacial score (nSPS) is 15.5. The average molecular weight is 265 g/mol. The average Bonchev–Trinajstić information content (AvgIpc) is 2.37. The first-order valence-electron chi connectivity index (χ1n) is 6.47. The van der Waals surface area contributed by atoms with Crippen LogP contribution in [-0.2, 0) is 9.53 Å². The lowest BCUT2D eigenvalue weighted by molar-refractivity contribution is -0.150. The fourth-order valence-electron chi connectivity index (χ4n) is 1.93. The number of carbonyl (C=O) groups is 1. The number of esters is 1. The summed E-state index contributed by atoms with van der Waals surface area (Å²) in [7, 11) is 1.64. The summed E-state index contributed by atoms with van der Waals surface area (Å²) >= 11 is 0. The summed E-state index contributed by atoms with van der Waals surface area (Å²) in [6.07, 6.45) is -0.217. The molecule has 0 saturated heterocycles. The Labute approximate surface area is 114 Å². The van der Waals surface area contributed by atoms with E-state index in [1.165, 1.54) is 0 Å². The molecule has 0 saturated carbocycles. The number of hydrogen-bond donors (Lipinski definition) is 1. The van der Waals surface area contributed by atoms with Crippen LogP contribution in [0.5, 0.6) is 5.75 Å². The quantitative estimate of drug-likeness (QED) is 0.830. The zero-order valence-electron chi connectivity index (χ0n) is 12.3. The Hall–Kier alpha value is -1.55. The highest BCUT2D eigenvalue weighted by molar-refractivity contribution is 5.75. The summed E-state index contributed by atoms with van der Waals surface area (Å²) in [4.78, 5) is 11.5. The molecule has 4 heteroatoms. The molecule has 0 aliphatic heterocycles. The minimum absolute atomic E-state index is 0.105. The third-order valence-corrected chi connectivity index (χ3v) is 3.35. The van der Waals surface area contributed by atoms with Crippen LogP contribution in [0.1, 0.15) is 37.8 Å². The molecule has 0 aliphatic rings. The highest BCUT2D eigenvalue weighted by Crippen LogP contribution is 2.27. The Morgan fingerprint density at radius 2 is 1.89 bits per heavy atom. The van der Waals surface area contributed by atoms with Crippen molar-refractivity contribution in [2.45, 2.75) is 45.8 Å². The first kappa shape index (κ1) is 15.5. The summed E-state index contributed by atoms with van der Waals surface area (Å²) in [5.41, 5.74) is 7.76. The number of carbonyl (C=O) groups excluding carboxylic acids is 1. The van der Waals surface area contributed by atoms with Crippen molar-refractivity contribution in [2.75, 3.05) is 7.11 Å². The summed E-state index contributed by atoms with van der Waals surface area (Å²) in [6, 6.07) is 5.31. The van der Waals surface area contributed by atoms with Gasteiger partial charge in [0.15, 0.2) is 0 Å². The van der Waals surface area contributed by atoms with Gasteiger partial charge in [0.2, 0.25) is 0 Å². The SMILES string of the molecule is COc1ccc([C@@H](C)[C@@H](C)OC(=O)[C@H](C)N)c(C)c1. The van der Waals surface area contributed by atoms with Crippen LogP contribution < -0.4 is 10.5 Å². The van der Waals surface area contributed by atoms with Crippen LogP contribution in [0.15, 0.2) is 18.2 Å². The van der Waals surface area contributed by atoms with Crippen molar-refractivity contribution in [1.82, 2.24) is 0 Å². The predicted molar refractivity (Wildman–Crippen MR) is 75.3 cm³/mol. The molecule has 0 spiro atoms. The van der Waals surface area contributed by atoms with Crippen LogP contribution >= 0.6 is 0 Å². The Kier molecular flexibility index (Phi) is 5.36. The molecule has 1 aromatic rings. The lowest BCUT2D eigenvalue weighted by Crippen LogP contribution is -2.33. The molecule has 19 heavy (non-hydrogen) atoms. The van der Waals surface area contributed by atoms with E-state index in [1.807, 2.05) is 39.0 Å². The molecule has 1 aromatic carbocycles. The summed E-state index contributed by atoms with van der Waals surface area (Å²) in [5, 5.41) is 0. The van der Waals surface area contributed by atoms with Crippen LogP contribution in [-0.4, -0.2) is 25.2 Å². The van der Waals surface area contributed by atoms with Crippen LogP contribution in [0.4, 0.5) is 0 Å². The van der Waals surface area contributed by atoms with E-state index in [2.05, 4.69) is 0 Å². The molecule has 0 bridgehead atoms. The van der Waals surface area contributed by atoms with Gasteiger partial charge in [0.05, 0.1) is 7.11 Å². The highest BCUT2D eigenvalue weighted by atomic mass is 16.5. The Bertz CT molecular complexity index is 443. The van der Waals surface area contributed by atoms with Crippen LogP contribution in [0, 0.1) is 6.92 Å². The smallest absolute Gasteiger partial charge is 0.322 e. The molecule has 0 unspecified atom stereocenters. The molecule has 0 amide bonds. The van der Waals surface area contributed by atoms with Gasteiger partial charge in [-0.15, -0.1) is 0 Å². The number of rotatable bonds is 5. The third kappa shape index (κ3) is 3.96. The number of aryl methyl sites for hydroxylation is 1. The van der Waals surface area contributed by atoms with Crippen molar-refractivity contribution in [3.8, 4) is 5.75 Å². The molecule has 4 nitrogen and oxygen atoms in total. The second-order valence-corrected chi connectivity index (χ2v) is 4.94. The van der Waals surface area contributed by atoms with Gasteiger partial charge in [0.25, 0.3) is 0 Å². The van der Waals surface area contributed by atoms with Gasteiger partial charge in [0, 0.05) is 5.92 Å². The van der Waals surface area contributed by atoms with Crippen LogP contribution in [0.2, 0.25) is 0 Å². The van der Waals surface area contributed by atoms with Gasteiger partial charge in [-0.25, -0.2) is 0 Å². The summed E-state index contributed by atoms with van der Waals surface area (Å²) in [6.45, 7) is 7.56. The van der Waals surface area contributed by atoms with E-state index in [0.717, 1.165) is 16.9 Å². The lowest BCUT2D eigenvalue weighted by Gasteiger charge is -2.23. The van der Waals surface area contributed by atoms with Crippen LogP contribution in [0.25, 0.3) is 0 Å². The van der Waals surface area contributed by atoms with Gasteiger partial charge >= 0.3 is 5.97 Å². The monoisotopic (exact) mass is 265 g/mol. The molecule has 0 fully saturated rings. The van der Waals surface area contributed by atoms with Gasteiger partial charge in [-0.05, 0) is 44.0 Å². The molecule has 106 valence electrons. The summed E-state index contributed by atoms with van der Waals surface area (Å²) < 4.78 is 10.5. The standard InChI is InChI=1S/C15H23NO3/c1-9-8-13(18-5)6-7-14(9)10(2)12(4)19-15(17)11(3)16/h6-8,10-12H,16H2,1-5H3/t10-,11-,12+/m0/s1. The van der Waals surface area contributed by atoms with Crippen molar-refractivity contribution >= 4 is 5.97 Å². The Morgan fingerprint density at radius 3 is 2.37 bits per heavy atom. The fraction of sp³-hybridized carbons (Fsp3) is 0.533. The first-order chi connectivity index (χ1) is 8.86. The van der Waals surface area contributed by atoms with Gasteiger partial charge in [-0.1, -0.05) is 13.0 Å². The number of benzene rings is 1. The van der Waals surface area contributed by atoms with E-state index in [4.69, 9.17) is 15.2 Å². The maximum atomic E-state index is 11.5. The molecule has 0 heterocycles. The van der Waals surface area contributed by atoms with Gasteiger partial charge < -0.3 is 15.2 Å². The lowest BCUT2D eigenvalue weighted by atomic mass is 9.92.